The molecule has 0 saturated carbocycles. The van der Waals surface area contributed by atoms with Crippen LogP contribution in [0.5, 0.6) is 0 Å². The van der Waals surface area contributed by atoms with Gasteiger partial charge < -0.3 is 9.52 Å². The first-order chi connectivity index (χ1) is 10.1. The van der Waals surface area contributed by atoms with E-state index in [4.69, 9.17) is 4.42 Å². The molecule has 2 rings (SSSR count). The highest BCUT2D eigenvalue weighted by Crippen LogP contribution is 2.23. The van der Waals surface area contributed by atoms with Gasteiger partial charge in [-0.05, 0) is 43.7 Å². The van der Waals surface area contributed by atoms with Crippen LogP contribution in [-0.4, -0.2) is 29.6 Å². The summed E-state index contributed by atoms with van der Waals surface area (Å²) >= 11 is 0. The highest BCUT2D eigenvalue weighted by Gasteiger charge is 2.18. The molecular weight excluding hydrogens is 266 g/mol. The van der Waals surface area contributed by atoms with E-state index in [1.807, 2.05) is 31.3 Å². The van der Waals surface area contributed by atoms with Crippen molar-refractivity contribution < 1.29 is 14.3 Å². The fourth-order valence-electron chi connectivity index (χ4n) is 2.61. The van der Waals surface area contributed by atoms with Crippen LogP contribution >= 0.6 is 0 Å². The van der Waals surface area contributed by atoms with Gasteiger partial charge in [0, 0.05) is 6.54 Å². The number of nitrogens with zero attached hydrogens (tertiary/aromatic N) is 1. The van der Waals surface area contributed by atoms with E-state index in [9.17, 15) is 9.90 Å². The molecule has 0 spiro atoms. The van der Waals surface area contributed by atoms with E-state index < -0.39 is 5.97 Å². The molecule has 112 valence electrons. The number of carboxylic acid groups (broad SMARTS) is 1. The Labute approximate surface area is 125 Å². The zero-order valence-electron chi connectivity index (χ0n) is 12.5. The lowest BCUT2D eigenvalue weighted by atomic mass is 10.0. The minimum Gasteiger partial charge on any atom is -0.478 e. The molecule has 0 amide bonds. The van der Waals surface area contributed by atoms with Gasteiger partial charge in [-0.15, -0.1) is 0 Å². The third kappa shape index (κ3) is 3.73. The summed E-state index contributed by atoms with van der Waals surface area (Å²) in [6, 6.07) is 11.3. The maximum absolute atomic E-state index is 11.2. The normalized spacial score (nSPS) is 12.5. The Bertz CT molecular complexity index is 577. The van der Waals surface area contributed by atoms with E-state index >= 15 is 0 Å². The van der Waals surface area contributed by atoms with Crippen molar-refractivity contribution in [2.75, 3.05) is 13.6 Å². The van der Waals surface area contributed by atoms with E-state index in [-0.39, 0.29) is 6.04 Å². The highest BCUT2D eigenvalue weighted by molar-refractivity contribution is 5.89. The van der Waals surface area contributed by atoms with Crippen LogP contribution in [0, 0.1) is 0 Å². The largest absolute Gasteiger partial charge is 0.478 e. The molecule has 1 atom stereocenters. The summed E-state index contributed by atoms with van der Waals surface area (Å²) in [5.41, 5.74) is 1.25. The van der Waals surface area contributed by atoms with Crippen molar-refractivity contribution in [3.63, 3.8) is 0 Å². The van der Waals surface area contributed by atoms with Gasteiger partial charge in [0.25, 0.3) is 0 Å². The average Bonchev–Trinajstić information content (AvgIpc) is 3.00. The molecule has 0 fully saturated rings. The lowest BCUT2D eigenvalue weighted by Gasteiger charge is -2.25. The predicted octanol–water partition coefficient (Wildman–Crippen LogP) is 3.60. The molecule has 4 heteroatoms. The van der Waals surface area contributed by atoms with Crippen LogP contribution < -0.4 is 0 Å². The molecule has 0 saturated heterocycles. The Morgan fingerprint density at radius 3 is 2.67 bits per heavy atom. The number of hydrogen-bond donors (Lipinski definition) is 1. The van der Waals surface area contributed by atoms with Crippen molar-refractivity contribution in [2.45, 2.75) is 25.8 Å². The Morgan fingerprint density at radius 1 is 1.29 bits per heavy atom. The molecule has 21 heavy (non-hydrogen) atoms. The maximum atomic E-state index is 11.2. The molecule has 1 unspecified atom stereocenters. The first kappa shape index (κ1) is 15.3. The van der Waals surface area contributed by atoms with Crippen molar-refractivity contribution in [2.24, 2.45) is 0 Å². The monoisotopic (exact) mass is 287 g/mol. The number of rotatable bonds is 7. The van der Waals surface area contributed by atoms with E-state index in [0.717, 1.165) is 24.3 Å². The van der Waals surface area contributed by atoms with Crippen LogP contribution in [0.2, 0.25) is 0 Å². The zero-order chi connectivity index (χ0) is 15.2. The third-order valence-electron chi connectivity index (χ3n) is 3.77. The summed E-state index contributed by atoms with van der Waals surface area (Å²) in [7, 11) is 2.04. The smallest absolute Gasteiger partial charge is 0.335 e. The van der Waals surface area contributed by atoms with Gasteiger partial charge in [-0.1, -0.05) is 25.1 Å². The lowest BCUT2D eigenvalue weighted by molar-refractivity contribution is 0.0695. The number of carbonyl (C=O) groups is 1. The van der Waals surface area contributed by atoms with Gasteiger partial charge in [0.2, 0.25) is 0 Å². The molecule has 0 radical (unpaired) electrons. The second kappa shape index (κ2) is 7.09. The van der Waals surface area contributed by atoms with Crippen molar-refractivity contribution in [3.05, 3.63) is 59.5 Å². The van der Waals surface area contributed by atoms with Gasteiger partial charge in [0.15, 0.2) is 0 Å². The standard InChI is InChI=1S/C17H21NO3/c1-3-15(16-9-6-12-21-16)18(2)11-10-13-7-4-5-8-14(13)17(19)20/h4-9,12,15H,3,10-11H2,1-2H3,(H,19,20). The molecule has 0 aliphatic heterocycles. The Kier molecular flexibility index (Phi) is 5.17. The quantitative estimate of drug-likeness (QED) is 0.845. The van der Waals surface area contributed by atoms with Crippen LogP contribution in [-0.2, 0) is 6.42 Å². The summed E-state index contributed by atoms with van der Waals surface area (Å²) < 4.78 is 5.49. The number of aromatic carboxylic acids is 1. The Balaban J connectivity index is 2.04. The molecule has 1 heterocycles. The molecule has 1 N–H and O–H groups in total. The maximum Gasteiger partial charge on any atom is 0.335 e. The second-order valence-corrected chi connectivity index (χ2v) is 5.13. The van der Waals surface area contributed by atoms with E-state index in [1.165, 1.54) is 0 Å². The number of furan rings is 1. The summed E-state index contributed by atoms with van der Waals surface area (Å²) in [6.45, 7) is 2.90. The van der Waals surface area contributed by atoms with Gasteiger partial charge in [-0.3, -0.25) is 4.90 Å². The van der Waals surface area contributed by atoms with Gasteiger partial charge in [-0.25, -0.2) is 4.79 Å². The van der Waals surface area contributed by atoms with Crippen LogP contribution in [0.3, 0.4) is 0 Å². The van der Waals surface area contributed by atoms with Crippen LogP contribution in [0.15, 0.2) is 47.1 Å². The fraction of sp³-hybridized carbons (Fsp3) is 0.353. The van der Waals surface area contributed by atoms with Crippen LogP contribution in [0.25, 0.3) is 0 Å². The van der Waals surface area contributed by atoms with Crippen LogP contribution in [0.1, 0.15) is 41.1 Å². The zero-order valence-corrected chi connectivity index (χ0v) is 12.5. The number of likely N-dealkylation sites (N-methyl/N-ethyl adjacent to an activating group) is 1. The molecule has 4 nitrogen and oxygen atoms in total. The SMILES string of the molecule is CCC(c1ccco1)N(C)CCc1ccccc1C(=O)O. The summed E-state index contributed by atoms with van der Waals surface area (Å²) in [5.74, 6) is 0.0813. The molecule has 0 aliphatic rings. The van der Waals surface area contributed by atoms with E-state index in [0.29, 0.717) is 12.0 Å². The van der Waals surface area contributed by atoms with Crippen molar-refractivity contribution >= 4 is 5.97 Å². The van der Waals surface area contributed by atoms with Crippen LogP contribution in [0.4, 0.5) is 0 Å². The van der Waals surface area contributed by atoms with Gasteiger partial charge in [-0.2, -0.15) is 0 Å². The van der Waals surface area contributed by atoms with E-state index in [2.05, 4.69) is 11.8 Å². The Hall–Kier alpha value is -2.07. The lowest BCUT2D eigenvalue weighted by Crippen LogP contribution is -2.26. The fourth-order valence-corrected chi connectivity index (χ4v) is 2.61. The van der Waals surface area contributed by atoms with E-state index in [1.54, 1.807) is 18.4 Å². The summed E-state index contributed by atoms with van der Waals surface area (Å²) in [5, 5.41) is 9.21. The summed E-state index contributed by atoms with van der Waals surface area (Å²) in [4.78, 5) is 13.4. The molecule has 2 aromatic rings. The topological polar surface area (TPSA) is 53.7 Å². The highest BCUT2D eigenvalue weighted by atomic mass is 16.4. The first-order valence-electron chi connectivity index (χ1n) is 7.18. The van der Waals surface area contributed by atoms with Crippen molar-refractivity contribution in [1.29, 1.82) is 0 Å². The molecule has 1 aromatic heterocycles. The average molecular weight is 287 g/mol. The molecule has 0 aliphatic carbocycles. The second-order valence-electron chi connectivity index (χ2n) is 5.13. The van der Waals surface area contributed by atoms with Gasteiger partial charge >= 0.3 is 5.97 Å². The predicted molar refractivity (Wildman–Crippen MR) is 81.5 cm³/mol. The molecule has 0 bridgehead atoms. The molecule has 1 aromatic carbocycles. The van der Waals surface area contributed by atoms with Crippen molar-refractivity contribution in [3.8, 4) is 0 Å². The summed E-state index contributed by atoms with van der Waals surface area (Å²) in [6.07, 6.45) is 3.34. The van der Waals surface area contributed by atoms with Crippen molar-refractivity contribution in [1.82, 2.24) is 4.90 Å². The minimum atomic E-state index is -0.869. The number of carboxylic acids is 1. The number of hydrogen-bond acceptors (Lipinski definition) is 3. The van der Waals surface area contributed by atoms with Gasteiger partial charge in [0.05, 0.1) is 17.9 Å². The van der Waals surface area contributed by atoms with Gasteiger partial charge in [0.1, 0.15) is 5.76 Å². The minimum absolute atomic E-state index is 0.219. The molecular formula is C17H21NO3. The first-order valence-corrected chi connectivity index (χ1v) is 7.18. The number of benzene rings is 1. The third-order valence-corrected chi connectivity index (χ3v) is 3.77. The Morgan fingerprint density at radius 2 is 2.05 bits per heavy atom.